The Bertz CT molecular complexity index is 222. The van der Waals surface area contributed by atoms with Gasteiger partial charge in [0.1, 0.15) is 5.60 Å². The van der Waals surface area contributed by atoms with Gasteiger partial charge in [0.05, 0.1) is 6.10 Å². The highest BCUT2D eigenvalue weighted by Gasteiger charge is 2.56. The summed E-state index contributed by atoms with van der Waals surface area (Å²) in [6, 6.07) is 0. The van der Waals surface area contributed by atoms with Crippen molar-refractivity contribution in [1.82, 2.24) is 0 Å². The van der Waals surface area contributed by atoms with Crippen molar-refractivity contribution in [2.75, 3.05) is 0 Å². The first-order valence-electron chi connectivity index (χ1n) is 6.62. The van der Waals surface area contributed by atoms with Crippen LogP contribution < -0.4 is 0 Å². The molecule has 0 amide bonds. The molecule has 0 aromatic carbocycles. The van der Waals surface area contributed by atoms with Gasteiger partial charge in [0.2, 0.25) is 0 Å². The maximum atomic E-state index is 10.5. The lowest BCUT2D eigenvalue weighted by atomic mass is 9.70. The summed E-state index contributed by atoms with van der Waals surface area (Å²) in [7, 11) is 0. The molecule has 2 N–H and O–H groups in total. The largest absolute Gasteiger partial charge is 0.366 e. The molecule has 0 aromatic rings. The summed E-state index contributed by atoms with van der Waals surface area (Å²) in [5, 5.41) is 21.0. The summed E-state index contributed by atoms with van der Waals surface area (Å²) in [5.74, 6) is -2.09. The molecule has 0 rings (SSSR count). The maximum Gasteiger partial charge on any atom is 0.195 e. The molecule has 0 aromatic heterocycles. The fourth-order valence-corrected chi connectivity index (χ4v) is 2.72. The fraction of sp³-hybridized carbons (Fsp3) is 1.00. The Morgan fingerprint density at radius 1 is 0.706 bits per heavy atom. The molecule has 0 spiro atoms. The van der Waals surface area contributed by atoms with Gasteiger partial charge in [-0.2, -0.15) is 0 Å². The van der Waals surface area contributed by atoms with Crippen LogP contribution in [0, 0.1) is 17.8 Å². The molecule has 0 bridgehead atoms. The Hall–Kier alpha value is -0.120. The zero-order valence-corrected chi connectivity index (χ0v) is 12.6. The smallest absolute Gasteiger partial charge is 0.195 e. The first kappa shape index (κ1) is 16.9. The minimum absolute atomic E-state index is 0.0160. The summed E-state index contributed by atoms with van der Waals surface area (Å²) >= 11 is 0. The van der Waals surface area contributed by atoms with E-state index in [2.05, 4.69) is 0 Å². The van der Waals surface area contributed by atoms with E-state index in [-0.39, 0.29) is 23.9 Å². The summed E-state index contributed by atoms with van der Waals surface area (Å²) in [6.45, 7) is 15.4. The van der Waals surface area contributed by atoms with Crippen molar-refractivity contribution in [1.29, 1.82) is 0 Å². The van der Waals surface area contributed by atoms with E-state index in [0.29, 0.717) is 0 Å². The molecular weight excluding hydrogens is 216 g/mol. The molecule has 104 valence electrons. The van der Waals surface area contributed by atoms with Crippen molar-refractivity contribution in [2.24, 2.45) is 17.8 Å². The number of aliphatic hydroxyl groups is 2. The van der Waals surface area contributed by atoms with Gasteiger partial charge in [0.25, 0.3) is 0 Å². The van der Waals surface area contributed by atoms with E-state index in [1.165, 1.54) is 0 Å². The molecule has 0 fully saturated rings. The van der Waals surface area contributed by atoms with Gasteiger partial charge in [-0.1, -0.05) is 41.5 Å². The topological polar surface area (TPSA) is 49.7 Å². The first-order valence-corrected chi connectivity index (χ1v) is 6.62. The Labute approximate surface area is 106 Å². The second-order valence-electron chi connectivity index (χ2n) is 6.15. The zero-order valence-electron chi connectivity index (χ0n) is 12.6. The van der Waals surface area contributed by atoms with E-state index in [4.69, 9.17) is 4.74 Å². The van der Waals surface area contributed by atoms with Crippen LogP contribution in [0.15, 0.2) is 0 Å². The zero-order chi connectivity index (χ0) is 14.0. The molecule has 0 aliphatic rings. The predicted octanol–water partition coefficient (Wildman–Crippen LogP) is 2.80. The molecule has 0 saturated carbocycles. The van der Waals surface area contributed by atoms with Gasteiger partial charge in [-0.25, -0.2) is 0 Å². The van der Waals surface area contributed by atoms with Crippen molar-refractivity contribution in [2.45, 2.75) is 72.9 Å². The van der Waals surface area contributed by atoms with Crippen LogP contribution in [0.4, 0.5) is 0 Å². The van der Waals surface area contributed by atoms with Crippen molar-refractivity contribution in [3.63, 3.8) is 0 Å². The lowest BCUT2D eigenvalue weighted by Gasteiger charge is -2.52. The molecule has 17 heavy (non-hydrogen) atoms. The molecule has 0 saturated heterocycles. The van der Waals surface area contributed by atoms with E-state index in [1.807, 2.05) is 55.4 Å². The van der Waals surface area contributed by atoms with Crippen LogP contribution in [0.1, 0.15) is 55.4 Å². The van der Waals surface area contributed by atoms with Gasteiger partial charge in [0, 0.05) is 5.92 Å². The number of ether oxygens (including phenoxy) is 1. The minimum Gasteiger partial charge on any atom is -0.366 e. The van der Waals surface area contributed by atoms with Crippen molar-refractivity contribution in [3.8, 4) is 0 Å². The van der Waals surface area contributed by atoms with Gasteiger partial charge >= 0.3 is 0 Å². The van der Waals surface area contributed by atoms with Gasteiger partial charge in [-0.3, -0.25) is 0 Å². The molecule has 3 nitrogen and oxygen atoms in total. The van der Waals surface area contributed by atoms with Gasteiger partial charge < -0.3 is 14.9 Å². The van der Waals surface area contributed by atoms with Crippen LogP contribution in [0.5, 0.6) is 0 Å². The SMILES string of the molecule is CC(C)OC(C(C)C)(C(C)C)C(O)(O)C(C)C. The van der Waals surface area contributed by atoms with E-state index >= 15 is 0 Å². The van der Waals surface area contributed by atoms with Gasteiger partial charge in [-0.15, -0.1) is 0 Å². The van der Waals surface area contributed by atoms with E-state index in [1.54, 1.807) is 0 Å². The van der Waals surface area contributed by atoms with E-state index in [0.717, 1.165) is 0 Å². The van der Waals surface area contributed by atoms with Crippen molar-refractivity contribution >= 4 is 0 Å². The lowest BCUT2D eigenvalue weighted by molar-refractivity contribution is -0.345. The second kappa shape index (κ2) is 5.68. The van der Waals surface area contributed by atoms with Crippen LogP contribution in [-0.4, -0.2) is 27.7 Å². The summed E-state index contributed by atoms with van der Waals surface area (Å²) in [4.78, 5) is 0. The van der Waals surface area contributed by atoms with Crippen LogP contribution in [0.3, 0.4) is 0 Å². The van der Waals surface area contributed by atoms with Crippen molar-refractivity contribution < 1.29 is 14.9 Å². The quantitative estimate of drug-likeness (QED) is 0.709. The third kappa shape index (κ3) is 3.01. The Balaban J connectivity index is 5.63. The number of hydrogen-bond acceptors (Lipinski definition) is 3. The molecule has 0 aliphatic heterocycles. The minimum atomic E-state index is -1.83. The molecule has 0 aliphatic carbocycles. The number of hydrogen-bond donors (Lipinski definition) is 2. The fourth-order valence-electron chi connectivity index (χ4n) is 2.72. The lowest BCUT2D eigenvalue weighted by Crippen LogP contribution is -2.65. The van der Waals surface area contributed by atoms with Gasteiger partial charge in [-0.05, 0) is 25.7 Å². The predicted molar refractivity (Wildman–Crippen MR) is 70.6 cm³/mol. The van der Waals surface area contributed by atoms with Crippen LogP contribution in [0.25, 0.3) is 0 Å². The highest BCUT2D eigenvalue weighted by Crippen LogP contribution is 2.43. The summed E-state index contributed by atoms with van der Waals surface area (Å²) < 4.78 is 5.99. The number of rotatable bonds is 6. The van der Waals surface area contributed by atoms with Crippen molar-refractivity contribution in [3.05, 3.63) is 0 Å². The van der Waals surface area contributed by atoms with Crippen LogP contribution in [0.2, 0.25) is 0 Å². The first-order chi connectivity index (χ1) is 7.50. The molecule has 3 heteroatoms. The molecule has 0 atom stereocenters. The monoisotopic (exact) mass is 246 g/mol. The molecular formula is C14H30O3. The van der Waals surface area contributed by atoms with E-state index < -0.39 is 11.4 Å². The summed E-state index contributed by atoms with van der Waals surface area (Å²) in [6.07, 6.45) is -0.0442. The van der Waals surface area contributed by atoms with Crippen LogP contribution in [-0.2, 0) is 4.74 Å². The Morgan fingerprint density at radius 2 is 1.06 bits per heavy atom. The summed E-state index contributed by atoms with van der Waals surface area (Å²) in [5.41, 5.74) is -0.949. The molecule has 0 unspecified atom stereocenters. The van der Waals surface area contributed by atoms with E-state index in [9.17, 15) is 10.2 Å². The third-order valence-electron chi connectivity index (χ3n) is 3.53. The molecule has 0 radical (unpaired) electrons. The molecule has 0 heterocycles. The maximum absolute atomic E-state index is 10.5. The second-order valence-corrected chi connectivity index (χ2v) is 6.15. The Kier molecular flexibility index (Phi) is 5.64. The standard InChI is InChI=1S/C14H30O3/c1-9(2)13(10(3)4,17-12(7)8)14(15,16)11(5)6/h9-12,15-16H,1-8H3. The highest BCUT2D eigenvalue weighted by molar-refractivity contribution is 5.00. The third-order valence-corrected chi connectivity index (χ3v) is 3.53. The normalized spacial score (nSPS) is 14.5. The van der Waals surface area contributed by atoms with Crippen LogP contribution >= 0.6 is 0 Å². The average Bonchev–Trinajstić information content (AvgIpc) is 2.11. The average molecular weight is 246 g/mol. The highest BCUT2D eigenvalue weighted by atomic mass is 16.6. The Morgan fingerprint density at radius 3 is 1.24 bits per heavy atom. The van der Waals surface area contributed by atoms with Gasteiger partial charge in [0.15, 0.2) is 5.79 Å².